The van der Waals surface area contributed by atoms with Gasteiger partial charge in [-0.25, -0.2) is 17.6 Å². The first-order chi connectivity index (χ1) is 26.9. The third kappa shape index (κ3) is 10.7. The molecule has 59 heavy (non-hydrogen) atoms. The number of halogens is 7. The Balaban J connectivity index is 0.000000229. The van der Waals surface area contributed by atoms with Crippen LogP contribution < -0.4 is 10.6 Å². The number of aliphatic hydroxyl groups excluding tert-OH is 1. The van der Waals surface area contributed by atoms with Crippen LogP contribution in [0.1, 0.15) is 126 Å². The number of aliphatic hydroxyl groups is 1. The lowest BCUT2D eigenvalue weighted by Gasteiger charge is -2.38. The van der Waals surface area contributed by atoms with Crippen molar-refractivity contribution in [3.63, 3.8) is 0 Å². The fraction of sp³-hybridized carbons (Fsp3) is 0.545. The van der Waals surface area contributed by atoms with Crippen LogP contribution in [0, 0.1) is 38.5 Å². The van der Waals surface area contributed by atoms with Gasteiger partial charge in [0.15, 0.2) is 0 Å². The highest BCUT2D eigenvalue weighted by molar-refractivity contribution is 6.64. The van der Waals surface area contributed by atoms with Gasteiger partial charge in [-0.05, 0) is 143 Å². The van der Waals surface area contributed by atoms with E-state index in [-0.39, 0.29) is 84.7 Å². The lowest BCUT2D eigenvalue weighted by Crippen LogP contribution is -2.50. The SMILES string of the molecule is CC(C)(C)C(=O)Cl.Cc1cc(Cl)cc(C)c1C1=C(O)C2(CCC(F)(F)CC2)NC1=O.Cc1cc(Cl)cc(C)c1C1=C(OC(=O)C(C)(C)C)C2(CCC(F)(F)CC2)NC1=O. The van der Waals surface area contributed by atoms with Gasteiger partial charge in [0.25, 0.3) is 11.8 Å². The lowest BCUT2D eigenvalue weighted by atomic mass is 9.78. The molecular formula is C44H53Cl3F4N2O6. The zero-order valence-corrected chi connectivity index (χ0v) is 37.4. The number of rotatable bonds is 3. The molecule has 324 valence electrons. The number of benzene rings is 2. The Hall–Kier alpha value is -3.61. The maximum atomic E-state index is 13.9. The third-order valence-corrected chi connectivity index (χ3v) is 12.1. The fourth-order valence-corrected chi connectivity index (χ4v) is 8.28. The predicted octanol–water partition coefficient (Wildman–Crippen LogP) is 11.4. The number of hydrogen-bond acceptors (Lipinski definition) is 6. The molecule has 2 heterocycles. The molecule has 8 nitrogen and oxygen atoms in total. The van der Waals surface area contributed by atoms with Gasteiger partial charge in [0.1, 0.15) is 11.5 Å². The molecule has 0 unspecified atom stereocenters. The molecular weight excluding hydrogens is 835 g/mol. The fourth-order valence-electron chi connectivity index (χ4n) is 7.63. The molecule has 0 radical (unpaired) electrons. The zero-order chi connectivity index (χ0) is 44.8. The Bertz CT molecular complexity index is 2050. The first kappa shape index (κ1) is 48.1. The van der Waals surface area contributed by atoms with Crippen molar-refractivity contribution in [2.24, 2.45) is 10.8 Å². The number of ether oxygens (including phenoxy) is 1. The maximum absolute atomic E-state index is 13.9. The molecule has 3 N–H and O–H groups in total. The van der Waals surface area contributed by atoms with Crippen LogP contribution in [0.15, 0.2) is 35.8 Å². The molecule has 0 atom stereocenters. The summed E-state index contributed by atoms with van der Waals surface area (Å²) < 4.78 is 60.4. The van der Waals surface area contributed by atoms with Gasteiger partial charge in [0.2, 0.25) is 17.1 Å². The van der Waals surface area contributed by atoms with Gasteiger partial charge in [-0.3, -0.25) is 19.2 Å². The van der Waals surface area contributed by atoms with Crippen LogP contribution in [0.3, 0.4) is 0 Å². The molecule has 15 heteroatoms. The molecule has 2 amide bonds. The summed E-state index contributed by atoms with van der Waals surface area (Å²) >= 11 is 17.3. The molecule has 2 saturated carbocycles. The first-order valence-corrected chi connectivity index (χ1v) is 20.5. The van der Waals surface area contributed by atoms with Crippen LogP contribution in [-0.4, -0.2) is 51.1 Å². The number of esters is 1. The second-order valence-corrected chi connectivity index (χ2v) is 19.4. The van der Waals surface area contributed by atoms with Crippen LogP contribution in [0.5, 0.6) is 0 Å². The molecule has 2 aromatic rings. The van der Waals surface area contributed by atoms with Gasteiger partial charge < -0.3 is 20.5 Å². The molecule has 2 aromatic carbocycles. The lowest BCUT2D eigenvalue weighted by molar-refractivity contribution is -0.150. The highest BCUT2D eigenvalue weighted by Gasteiger charge is 2.55. The van der Waals surface area contributed by atoms with Gasteiger partial charge >= 0.3 is 5.97 Å². The number of carbonyl (C=O) groups is 4. The molecule has 0 bridgehead atoms. The summed E-state index contributed by atoms with van der Waals surface area (Å²) in [6, 6.07) is 6.90. The normalized spacial score (nSPS) is 20.4. The zero-order valence-electron chi connectivity index (χ0n) is 35.1. The quantitative estimate of drug-likeness (QED) is 0.160. The maximum Gasteiger partial charge on any atom is 0.316 e. The number of nitrogens with one attached hydrogen (secondary N) is 2. The minimum atomic E-state index is -2.79. The molecule has 0 saturated heterocycles. The second-order valence-electron chi connectivity index (χ2n) is 18.2. The number of alkyl halides is 4. The van der Waals surface area contributed by atoms with E-state index in [1.807, 2.05) is 27.7 Å². The van der Waals surface area contributed by atoms with Gasteiger partial charge in [-0.1, -0.05) is 44.0 Å². The second kappa shape index (κ2) is 17.0. The van der Waals surface area contributed by atoms with Crippen molar-refractivity contribution in [1.29, 1.82) is 0 Å². The largest absolute Gasteiger partial charge is 0.509 e. The van der Waals surface area contributed by atoms with Crippen LogP contribution in [0.2, 0.25) is 10.0 Å². The standard InChI is InChI=1S/C22H26ClF2NO3.C17H18ClF2NO2.C5H9ClO/c1-12-10-14(23)11-13(2)15(12)16-17(29-19(28)20(3,4)5)21(26-18(16)27)6-8-22(24,25)9-7-21;1-9-7-11(18)8-10(2)12(9)13-14(22)16(21-15(13)23)3-5-17(19,20)6-4-16;1-5(2,3)4(6)7/h10-11H,6-9H2,1-5H3,(H,26,27);7-8,22H,3-6H2,1-2H3,(H,21,23);1-3H3. The summed E-state index contributed by atoms with van der Waals surface area (Å²) in [6.45, 7) is 17.7. The number of aryl methyl sites for hydroxylation is 4. The molecule has 6 rings (SSSR count). The van der Waals surface area contributed by atoms with Crippen molar-refractivity contribution in [3.8, 4) is 0 Å². The molecule has 0 aromatic heterocycles. The first-order valence-electron chi connectivity index (χ1n) is 19.4. The third-order valence-electron chi connectivity index (χ3n) is 11.1. The molecule has 2 aliphatic carbocycles. The van der Waals surface area contributed by atoms with Crippen LogP contribution >= 0.6 is 34.8 Å². The van der Waals surface area contributed by atoms with E-state index < -0.39 is 46.1 Å². The van der Waals surface area contributed by atoms with E-state index in [4.69, 9.17) is 39.5 Å². The monoisotopic (exact) mass is 886 g/mol. The Kier molecular flexibility index (Phi) is 13.9. The summed E-state index contributed by atoms with van der Waals surface area (Å²) in [5.41, 5.74) is 1.35. The van der Waals surface area contributed by atoms with Gasteiger partial charge in [-0.15, -0.1) is 0 Å². The summed E-state index contributed by atoms with van der Waals surface area (Å²) in [5.74, 6) is -6.82. The molecule has 4 aliphatic rings. The Labute approximate surface area is 358 Å². The Morgan fingerprint density at radius 2 is 0.949 bits per heavy atom. The van der Waals surface area contributed by atoms with Crippen molar-refractivity contribution in [3.05, 3.63) is 79.2 Å². The average molecular weight is 888 g/mol. The predicted molar refractivity (Wildman–Crippen MR) is 223 cm³/mol. The van der Waals surface area contributed by atoms with Crippen molar-refractivity contribution in [2.75, 3.05) is 0 Å². The van der Waals surface area contributed by atoms with Crippen LogP contribution in [0.25, 0.3) is 11.1 Å². The minimum absolute atomic E-state index is 0.00762. The highest BCUT2D eigenvalue weighted by atomic mass is 35.5. The summed E-state index contributed by atoms with van der Waals surface area (Å²) in [6.07, 6.45) is -1.36. The highest BCUT2D eigenvalue weighted by Crippen LogP contribution is 2.49. The molecule has 2 spiro atoms. The summed E-state index contributed by atoms with van der Waals surface area (Å²) in [4.78, 5) is 48.5. The van der Waals surface area contributed by atoms with E-state index in [0.717, 1.165) is 22.3 Å². The smallest absolute Gasteiger partial charge is 0.316 e. The van der Waals surface area contributed by atoms with Crippen molar-refractivity contribution in [1.82, 2.24) is 10.6 Å². The van der Waals surface area contributed by atoms with E-state index in [0.29, 0.717) is 21.2 Å². The molecule has 2 aliphatic heterocycles. The number of amides is 2. The van der Waals surface area contributed by atoms with E-state index in [1.54, 1.807) is 65.8 Å². The Morgan fingerprint density at radius 1 is 0.627 bits per heavy atom. The van der Waals surface area contributed by atoms with Crippen molar-refractivity contribution >= 4 is 69.0 Å². The van der Waals surface area contributed by atoms with Gasteiger partial charge in [0, 0.05) is 41.1 Å². The Morgan fingerprint density at radius 3 is 1.31 bits per heavy atom. The number of hydrogen-bond donors (Lipinski definition) is 3. The van der Waals surface area contributed by atoms with E-state index in [9.17, 15) is 41.8 Å². The van der Waals surface area contributed by atoms with Gasteiger partial charge in [0.05, 0.1) is 27.6 Å². The van der Waals surface area contributed by atoms with E-state index in [1.165, 1.54) is 0 Å². The van der Waals surface area contributed by atoms with Crippen LogP contribution in [-0.2, 0) is 23.9 Å². The van der Waals surface area contributed by atoms with Gasteiger partial charge in [-0.2, -0.15) is 0 Å². The topological polar surface area (TPSA) is 122 Å². The van der Waals surface area contributed by atoms with Crippen LogP contribution in [0.4, 0.5) is 17.6 Å². The number of carbonyl (C=O) groups excluding carboxylic acids is 4. The van der Waals surface area contributed by atoms with E-state index >= 15 is 0 Å². The van der Waals surface area contributed by atoms with Crippen molar-refractivity contribution < 1.29 is 46.6 Å². The van der Waals surface area contributed by atoms with Crippen molar-refractivity contribution in [2.45, 2.75) is 144 Å². The average Bonchev–Trinajstić information content (AvgIpc) is 3.47. The van der Waals surface area contributed by atoms with E-state index in [2.05, 4.69) is 10.6 Å². The summed E-state index contributed by atoms with van der Waals surface area (Å²) in [5, 5.41) is 17.1. The molecule has 2 fully saturated rings. The minimum Gasteiger partial charge on any atom is -0.509 e. The summed E-state index contributed by atoms with van der Waals surface area (Å²) in [7, 11) is 0.